The molecule has 2 aromatic carbocycles. The molecule has 0 atom stereocenters. The van der Waals surface area contributed by atoms with Gasteiger partial charge < -0.3 is 10.2 Å². The summed E-state index contributed by atoms with van der Waals surface area (Å²) in [5.74, 6) is -0.731. The van der Waals surface area contributed by atoms with Crippen molar-refractivity contribution in [3.63, 3.8) is 0 Å². The molecular weight excluding hydrogens is 534 g/mol. The highest BCUT2D eigenvalue weighted by molar-refractivity contribution is 6.00. The van der Waals surface area contributed by atoms with Gasteiger partial charge in [0.1, 0.15) is 0 Å². The number of rotatable bonds is 11. The van der Waals surface area contributed by atoms with Crippen LogP contribution in [-0.4, -0.2) is 59.3 Å². The van der Waals surface area contributed by atoms with E-state index < -0.39 is 18.5 Å². The van der Waals surface area contributed by atoms with E-state index in [0.29, 0.717) is 47.3 Å². The number of aromatic nitrogens is 3. The number of fused-ring (bicyclic) bond motifs is 1. The smallest absolute Gasteiger partial charge is 0.345 e. The van der Waals surface area contributed by atoms with E-state index in [0.717, 1.165) is 12.1 Å². The monoisotopic (exact) mass is 565 g/mol. The Kier molecular flexibility index (Phi) is 9.67. The van der Waals surface area contributed by atoms with Gasteiger partial charge in [0.25, 0.3) is 0 Å². The molecule has 0 bridgehead atoms. The second kappa shape index (κ2) is 13.4. The summed E-state index contributed by atoms with van der Waals surface area (Å²) < 4.78 is 56.0. The lowest BCUT2D eigenvalue weighted by molar-refractivity contribution is -0.124. The van der Waals surface area contributed by atoms with Crippen molar-refractivity contribution in [2.24, 2.45) is 0 Å². The van der Waals surface area contributed by atoms with Gasteiger partial charge in [0.15, 0.2) is 0 Å². The Morgan fingerprint density at radius 1 is 1.02 bits per heavy atom. The van der Waals surface area contributed by atoms with Gasteiger partial charge in [-0.2, -0.15) is 22.7 Å². The summed E-state index contributed by atoms with van der Waals surface area (Å²) in [5, 5.41) is 9.61. The Morgan fingerprint density at radius 3 is 2.46 bits per heavy atom. The van der Waals surface area contributed by atoms with E-state index in [2.05, 4.69) is 20.5 Å². The maximum Gasteiger partial charge on any atom is 0.393 e. The van der Waals surface area contributed by atoms with Gasteiger partial charge in [-0.05, 0) is 59.9 Å². The third kappa shape index (κ3) is 8.11. The molecule has 6 nitrogen and oxygen atoms in total. The van der Waals surface area contributed by atoms with Crippen molar-refractivity contribution in [1.29, 1.82) is 0 Å². The normalized spacial score (nSPS) is 12.6. The number of hydrogen-bond donors (Lipinski definition) is 2. The molecule has 41 heavy (non-hydrogen) atoms. The van der Waals surface area contributed by atoms with Gasteiger partial charge in [-0.1, -0.05) is 48.5 Å². The highest BCUT2D eigenvalue weighted by Gasteiger charge is 2.31. The average Bonchev–Trinajstić information content (AvgIpc) is 3.32. The molecule has 1 amide bonds. The number of halogens is 4. The molecule has 0 fully saturated rings. The minimum Gasteiger partial charge on any atom is -0.345 e. The zero-order valence-corrected chi connectivity index (χ0v) is 22.8. The van der Waals surface area contributed by atoms with Crippen LogP contribution in [0.3, 0.4) is 0 Å². The van der Waals surface area contributed by atoms with Crippen LogP contribution >= 0.6 is 0 Å². The van der Waals surface area contributed by atoms with Gasteiger partial charge in [0.2, 0.25) is 11.9 Å². The Labute approximate surface area is 235 Å². The third-order valence-corrected chi connectivity index (χ3v) is 6.46. The van der Waals surface area contributed by atoms with Gasteiger partial charge >= 0.3 is 6.18 Å². The molecular formula is C31H31F4N5O. The van der Waals surface area contributed by atoms with Gasteiger partial charge in [-0.15, -0.1) is 0 Å². The fourth-order valence-electron chi connectivity index (χ4n) is 4.43. The molecule has 10 heteroatoms. The molecule has 2 heterocycles. The van der Waals surface area contributed by atoms with Crippen molar-refractivity contribution >= 4 is 28.0 Å². The number of hydrogen-bond acceptors (Lipinski definition) is 4. The Bertz CT molecular complexity index is 1520. The molecule has 2 aromatic heterocycles. The predicted molar refractivity (Wildman–Crippen MR) is 152 cm³/mol. The third-order valence-electron chi connectivity index (χ3n) is 6.46. The van der Waals surface area contributed by atoms with Crippen molar-refractivity contribution in [2.45, 2.75) is 25.4 Å². The van der Waals surface area contributed by atoms with Crippen LogP contribution in [0.25, 0.3) is 22.0 Å². The first-order valence-corrected chi connectivity index (χ1v) is 13.2. The molecule has 2 N–H and O–H groups in total. The lowest BCUT2D eigenvalue weighted by atomic mass is 9.88. The molecule has 0 aliphatic rings. The van der Waals surface area contributed by atoms with E-state index in [9.17, 15) is 22.4 Å². The quantitative estimate of drug-likeness (QED) is 0.0987. The average molecular weight is 566 g/mol. The molecule has 0 saturated heterocycles. The summed E-state index contributed by atoms with van der Waals surface area (Å²) in [6.07, 6.45) is 0.651. The summed E-state index contributed by atoms with van der Waals surface area (Å²) >= 11 is 0. The number of allylic oxidation sites excluding steroid dienone is 1. The molecule has 0 unspecified atom stereocenters. The molecule has 0 aliphatic carbocycles. The lowest BCUT2D eigenvalue weighted by Crippen LogP contribution is -2.20. The number of amides is 1. The van der Waals surface area contributed by atoms with Crippen LogP contribution in [0.5, 0.6) is 0 Å². The summed E-state index contributed by atoms with van der Waals surface area (Å²) in [6.45, 7) is 1.26. The second-order valence-corrected chi connectivity index (χ2v) is 9.76. The van der Waals surface area contributed by atoms with Crippen molar-refractivity contribution in [3.8, 4) is 0 Å². The predicted octanol–water partition coefficient (Wildman–Crippen LogP) is 6.18. The number of H-pyrrole nitrogens is 1. The highest BCUT2D eigenvalue weighted by atomic mass is 19.4. The summed E-state index contributed by atoms with van der Waals surface area (Å²) in [4.78, 5) is 17.6. The van der Waals surface area contributed by atoms with E-state index in [1.165, 1.54) is 17.0 Å². The first kappa shape index (κ1) is 29.7. The van der Waals surface area contributed by atoms with Crippen molar-refractivity contribution in [2.75, 3.05) is 27.2 Å². The zero-order valence-electron chi connectivity index (χ0n) is 22.8. The van der Waals surface area contributed by atoms with Crippen molar-refractivity contribution in [3.05, 3.63) is 107 Å². The Morgan fingerprint density at radius 2 is 1.78 bits per heavy atom. The highest BCUT2D eigenvalue weighted by Crippen LogP contribution is 2.39. The number of benzene rings is 2. The molecule has 0 saturated carbocycles. The molecule has 0 radical (unpaired) electrons. The molecule has 4 aromatic rings. The molecule has 0 spiro atoms. The molecule has 214 valence electrons. The maximum atomic E-state index is 14.4. The second-order valence-electron chi connectivity index (χ2n) is 9.76. The minimum absolute atomic E-state index is 0.0703. The van der Waals surface area contributed by atoms with Crippen LogP contribution in [0.15, 0.2) is 79.0 Å². The topological polar surface area (TPSA) is 73.9 Å². The fraction of sp³-hybridized carbons (Fsp3) is 0.258. The summed E-state index contributed by atoms with van der Waals surface area (Å²) in [7, 11) is 3.38. The number of nitrogens with one attached hydrogen (secondary N) is 2. The Hall–Kier alpha value is -4.31. The number of carbonyl (C=O) groups excluding carboxylic acids is 1. The SMILES string of the molecule is CN(C)C(=O)/C=C/CNCCCc1ccc(/C(=C(/CC(F)(F)F)c2ccccc2)c2ccc3n[nH]c(F)c3c2)cn1. The van der Waals surface area contributed by atoms with E-state index in [4.69, 9.17) is 0 Å². The van der Waals surface area contributed by atoms with Crippen LogP contribution < -0.4 is 5.32 Å². The van der Waals surface area contributed by atoms with Crippen LogP contribution in [0.1, 0.15) is 35.2 Å². The fourth-order valence-corrected chi connectivity index (χ4v) is 4.43. The number of carbonyl (C=O) groups is 1. The van der Waals surface area contributed by atoms with E-state index in [-0.39, 0.29) is 16.9 Å². The maximum absolute atomic E-state index is 14.4. The van der Waals surface area contributed by atoms with Crippen LogP contribution in [-0.2, 0) is 11.2 Å². The van der Waals surface area contributed by atoms with E-state index in [1.54, 1.807) is 81.0 Å². The van der Waals surface area contributed by atoms with E-state index in [1.807, 2.05) is 0 Å². The van der Waals surface area contributed by atoms with Crippen LogP contribution in [0.2, 0.25) is 0 Å². The molecule has 4 rings (SSSR count). The van der Waals surface area contributed by atoms with Crippen LogP contribution in [0.4, 0.5) is 17.6 Å². The van der Waals surface area contributed by atoms with Crippen molar-refractivity contribution < 1.29 is 22.4 Å². The first-order chi connectivity index (χ1) is 19.6. The number of aromatic amines is 1. The number of pyridine rings is 1. The number of alkyl halides is 3. The number of nitrogens with zero attached hydrogens (tertiary/aromatic N) is 3. The summed E-state index contributed by atoms with van der Waals surface area (Å²) in [6, 6.07) is 16.7. The minimum atomic E-state index is -4.48. The van der Waals surface area contributed by atoms with Gasteiger partial charge in [0, 0.05) is 44.2 Å². The number of aryl methyl sites for hydroxylation is 1. The first-order valence-electron chi connectivity index (χ1n) is 13.2. The van der Waals surface area contributed by atoms with Gasteiger partial charge in [-0.3, -0.25) is 14.9 Å². The summed E-state index contributed by atoms with van der Waals surface area (Å²) in [5.41, 5.74) is 2.92. The van der Waals surface area contributed by atoms with Crippen LogP contribution in [0, 0.1) is 5.95 Å². The largest absolute Gasteiger partial charge is 0.393 e. The zero-order chi connectivity index (χ0) is 29.4. The Balaban J connectivity index is 1.61. The van der Waals surface area contributed by atoms with Gasteiger partial charge in [-0.25, -0.2) is 0 Å². The van der Waals surface area contributed by atoms with Gasteiger partial charge in [0.05, 0.1) is 17.3 Å². The standard InChI is InChI=1S/C31H31F4N5O/c1-40(2)28(41)11-7-17-36-16-6-10-24-14-12-23(20-37-24)29(22-13-15-27-25(18-22)30(32)39-38-27)26(19-31(33,34)35)21-8-4-3-5-9-21/h3-5,7-9,11-15,18,20,36H,6,10,16-17,19H2,1-2H3,(H,38,39)/b11-7+,29-26-. The van der Waals surface area contributed by atoms with E-state index >= 15 is 0 Å². The van der Waals surface area contributed by atoms with Crippen molar-refractivity contribution in [1.82, 2.24) is 25.4 Å². The lowest BCUT2D eigenvalue weighted by Gasteiger charge is -2.19. The molecule has 0 aliphatic heterocycles. The number of likely N-dealkylation sites (N-methyl/N-ethyl adjacent to an activating group) is 1.